The molecule has 3 aromatic rings. The zero-order valence-electron chi connectivity index (χ0n) is 17.2. The number of nitrogens with zero attached hydrogens (tertiary/aromatic N) is 3. The molecule has 0 amide bonds. The maximum atomic E-state index is 4.13. The zero-order valence-corrected chi connectivity index (χ0v) is 17.2. The molecular weight excluding hydrogens is 318 g/mol. The van der Waals surface area contributed by atoms with Crippen molar-refractivity contribution in [2.75, 3.05) is 0 Å². The molecule has 0 atom stereocenters. The number of aryl methyl sites for hydroxylation is 4. The fourth-order valence-corrected chi connectivity index (χ4v) is 3.13. The van der Waals surface area contributed by atoms with Crippen LogP contribution in [0.3, 0.4) is 0 Å². The van der Waals surface area contributed by atoms with Gasteiger partial charge in [0.05, 0.1) is 12.6 Å². The number of hydrogen-bond donors (Lipinski definition) is 0. The monoisotopic (exact) mass is 350 g/mol. The van der Waals surface area contributed by atoms with E-state index in [2.05, 4.69) is 99.4 Å². The Bertz CT molecular complexity index is 819. The van der Waals surface area contributed by atoms with Crippen LogP contribution in [-0.2, 0) is 13.5 Å². The first-order chi connectivity index (χ1) is 12.3. The van der Waals surface area contributed by atoms with Crippen molar-refractivity contribution in [3.8, 4) is 17.1 Å². The number of aromatic nitrogens is 3. The Morgan fingerprint density at radius 2 is 1.58 bits per heavy atom. The molecule has 0 aliphatic rings. The van der Waals surface area contributed by atoms with E-state index in [1.165, 1.54) is 27.9 Å². The van der Waals surface area contributed by atoms with Gasteiger partial charge in [-0.1, -0.05) is 39.8 Å². The lowest BCUT2D eigenvalue weighted by Gasteiger charge is -2.11. The van der Waals surface area contributed by atoms with Gasteiger partial charge in [-0.05, 0) is 55.0 Å². The van der Waals surface area contributed by atoms with Crippen LogP contribution in [0.5, 0.6) is 0 Å². The molecule has 0 N–H and O–H groups in total. The Kier molecular flexibility index (Phi) is 6.73. The van der Waals surface area contributed by atoms with E-state index < -0.39 is 0 Å². The summed E-state index contributed by atoms with van der Waals surface area (Å²) in [6.45, 7) is 13.1. The highest BCUT2D eigenvalue weighted by Crippen LogP contribution is 2.26. The van der Waals surface area contributed by atoms with Crippen LogP contribution in [0.15, 0.2) is 49.1 Å². The summed E-state index contributed by atoms with van der Waals surface area (Å²) in [5.74, 6) is 2.00. The van der Waals surface area contributed by atoms with Crippen LogP contribution in [0.4, 0.5) is 0 Å². The summed E-state index contributed by atoms with van der Waals surface area (Å²) in [7, 11) is 2.08. The molecule has 0 fully saturated rings. The van der Waals surface area contributed by atoms with Crippen molar-refractivity contribution < 1.29 is 4.57 Å². The summed E-state index contributed by atoms with van der Waals surface area (Å²) >= 11 is 0. The lowest BCUT2D eigenvalue weighted by Crippen LogP contribution is -2.29. The summed E-state index contributed by atoms with van der Waals surface area (Å²) in [5.41, 5.74) is 6.44. The second-order valence-corrected chi connectivity index (χ2v) is 7.50. The van der Waals surface area contributed by atoms with Crippen molar-refractivity contribution in [1.29, 1.82) is 0 Å². The smallest absolute Gasteiger partial charge is 0.265 e. The fraction of sp³-hybridized carbons (Fsp3) is 0.391. The maximum absolute atomic E-state index is 4.13. The molecule has 138 valence electrons. The predicted molar refractivity (Wildman–Crippen MR) is 110 cm³/mol. The van der Waals surface area contributed by atoms with Crippen molar-refractivity contribution in [2.24, 2.45) is 13.0 Å². The van der Waals surface area contributed by atoms with Crippen LogP contribution in [0.1, 0.15) is 44.4 Å². The van der Waals surface area contributed by atoms with Gasteiger partial charge in [0.2, 0.25) is 0 Å². The number of pyridine rings is 1. The van der Waals surface area contributed by atoms with E-state index in [4.69, 9.17) is 0 Å². The summed E-state index contributed by atoms with van der Waals surface area (Å²) in [4.78, 5) is 4.13. The van der Waals surface area contributed by atoms with Gasteiger partial charge in [0.1, 0.15) is 18.1 Å². The minimum absolute atomic E-state index is 0.833. The van der Waals surface area contributed by atoms with Crippen molar-refractivity contribution in [1.82, 2.24) is 9.55 Å². The van der Waals surface area contributed by atoms with E-state index in [1.54, 1.807) is 0 Å². The highest BCUT2D eigenvalue weighted by molar-refractivity contribution is 5.59. The quantitative estimate of drug-likeness (QED) is 0.595. The number of rotatable bonds is 3. The first-order valence-corrected chi connectivity index (χ1v) is 9.43. The fourth-order valence-electron chi connectivity index (χ4n) is 3.13. The van der Waals surface area contributed by atoms with Crippen LogP contribution in [-0.4, -0.2) is 9.55 Å². The Morgan fingerprint density at radius 3 is 2.08 bits per heavy atom. The van der Waals surface area contributed by atoms with Crippen molar-refractivity contribution in [3.05, 3.63) is 65.7 Å². The molecule has 0 unspecified atom stereocenters. The van der Waals surface area contributed by atoms with Gasteiger partial charge in [-0.3, -0.25) is 4.98 Å². The molecule has 26 heavy (non-hydrogen) atoms. The van der Waals surface area contributed by atoms with Crippen LogP contribution < -0.4 is 4.57 Å². The first kappa shape index (κ1) is 19.9. The predicted octanol–water partition coefficient (Wildman–Crippen LogP) is 5.21. The van der Waals surface area contributed by atoms with Gasteiger partial charge >= 0.3 is 0 Å². The van der Waals surface area contributed by atoms with Crippen LogP contribution in [0, 0.1) is 19.8 Å². The first-order valence-electron chi connectivity index (χ1n) is 9.43. The zero-order chi connectivity index (χ0) is 19.3. The SMILES string of the molecule is CC(C)C.CCc1cc(C)c(-n2cc[n+](C)c2-c2ccncc2)c(C)c1. The third-order valence-electron chi connectivity index (χ3n) is 4.14. The highest BCUT2D eigenvalue weighted by Gasteiger charge is 2.21. The van der Waals surface area contributed by atoms with Gasteiger partial charge in [-0.15, -0.1) is 0 Å². The summed E-state index contributed by atoms with van der Waals surface area (Å²) in [6.07, 6.45) is 8.98. The van der Waals surface area contributed by atoms with E-state index in [1.807, 2.05) is 12.4 Å². The molecular formula is C23H32N3+. The third kappa shape index (κ3) is 4.60. The van der Waals surface area contributed by atoms with Gasteiger partial charge in [0.15, 0.2) is 0 Å². The van der Waals surface area contributed by atoms with Crippen molar-refractivity contribution in [3.63, 3.8) is 0 Å². The number of hydrogen-bond acceptors (Lipinski definition) is 1. The summed E-state index contributed by atoms with van der Waals surface area (Å²) in [5, 5.41) is 0. The molecule has 0 saturated carbocycles. The normalized spacial score (nSPS) is 10.6. The minimum atomic E-state index is 0.833. The summed E-state index contributed by atoms with van der Waals surface area (Å²) < 4.78 is 4.43. The Hall–Kier alpha value is -2.42. The van der Waals surface area contributed by atoms with Crippen LogP contribution in [0.2, 0.25) is 0 Å². The Balaban J connectivity index is 0.000000552. The molecule has 0 aliphatic carbocycles. The lowest BCUT2D eigenvalue weighted by molar-refractivity contribution is -0.659. The molecule has 0 aliphatic heterocycles. The van der Waals surface area contributed by atoms with Gasteiger partial charge in [-0.25, -0.2) is 4.57 Å². The van der Waals surface area contributed by atoms with E-state index in [-0.39, 0.29) is 0 Å². The topological polar surface area (TPSA) is 21.7 Å². The summed E-state index contributed by atoms with van der Waals surface area (Å²) in [6, 6.07) is 8.69. The number of imidazole rings is 1. The molecule has 1 aromatic carbocycles. The molecule has 2 aromatic heterocycles. The standard InChI is InChI=1S/C19H22N3.C4H10/c1-5-16-12-14(2)18(15(3)13-16)22-11-10-21(4)19(22)17-6-8-20-9-7-17;1-4(2)3/h6-13H,5H2,1-4H3;4H,1-3H3/q+1;. The third-order valence-corrected chi connectivity index (χ3v) is 4.14. The Labute approximate surface area is 158 Å². The van der Waals surface area contributed by atoms with Gasteiger partial charge in [0.25, 0.3) is 5.82 Å². The molecule has 0 spiro atoms. The molecule has 2 heterocycles. The van der Waals surface area contributed by atoms with Crippen molar-refractivity contribution in [2.45, 2.75) is 48.0 Å². The van der Waals surface area contributed by atoms with E-state index >= 15 is 0 Å². The maximum Gasteiger partial charge on any atom is 0.293 e. The second-order valence-electron chi connectivity index (χ2n) is 7.50. The molecule has 3 rings (SSSR count). The van der Waals surface area contributed by atoms with Gasteiger partial charge in [0, 0.05) is 12.4 Å². The molecule has 0 bridgehead atoms. The van der Waals surface area contributed by atoms with Crippen LogP contribution in [0.25, 0.3) is 17.1 Å². The number of benzene rings is 1. The van der Waals surface area contributed by atoms with E-state index in [9.17, 15) is 0 Å². The highest BCUT2D eigenvalue weighted by atomic mass is 15.1. The minimum Gasteiger partial charge on any atom is -0.265 e. The average Bonchev–Trinajstić information content (AvgIpc) is 2.95. The molecule has 0 radical (unpaired) electrons. The second kappa shape index (κ2) is 8.79. The largest absolute Gasteiger partial charge is 0.293 e. The molecule has 3 heteroatoms. The van der Waals surface area contributed by atoms with E-state index in [0.29, 0.717) is 0 Å². The van der Waals surface area contributed by atoms with Crippen LogP contribution >= 0.6 is 0 Å². The Morgan fingerprint density at radius 1 is 1.04 bits per heavy atom. The average molecular weight is 351 g/mol. The lowest BCUT2D eigenvalue weighted by atomic mass is 10.0. The van der Waals surface area contributed by atoms with E-state index in [0.717, 1.165) is 18.2 Å². The molecule has 0 saturated heterocycles. The van der Waals surface area contributed by atoms with Crippen molar-refractivity contribution >= 4 is 0 Å². The van der Waals surface area contributed by atoms with Gasteiger partial charge < -0.3 is 0 Å². The van der Waals surface area contributed by atoms with Gasteiger partial charge in [-0.2, -0.15) is 4.57 Å². The molecule has 3 nitrogen and oxygen atoms in total.